The summed E-state index contributed by atoms with van der Waals surface area (Å²) in [4.78, 5) is 16.1. The first-order valence-electron chi connectivity index (χ1n) is 10.6. The maximum absolute atomic E-state index is 13.2. The van der Waals surface area contributed by atoms with Crippen LogP contribution in [0.1, 0.15) is 27.3 Å². The summed E-state index contributed by atoms with van der Waals surface area (Å²) < 4.78 is 41.8. The van der Waals surface area contributed by atoms with E-state index in [4.69, 9.17) is 23.0 Å². The second kappa shape index (κ2) is 8.80. The monoisotopic (exact) mass is 500 g/mol. The van der Waals surface area contributed by atoms with Crippen LogP contribution in [0, 0.1) is 18.3 Å². The smallest absolute Gasteiger partial charge is 0.465 e. The molecule has 2 aromatic heterocycles. The molecule has 0 aliphatic carbocycles. The zero-order valence-corrected chi connectivity index (χ0v) is 19.6. The van der Waals surface area contributed by atoms with E-state index < -0.39 is 37.7 Å². The Morgan fingerprint density at radius 2 is 2.17 bits per heavy atom. The number of phosphoric acid groups is 1. The predicted molar refractivity (Wildman–Crippen MR) is 117 cm³/mol. The number of nitriles is 1. The quantitative estimate of drug-likeness (QED) is 0.404. The lowest BCUT2D eigenvalue weighted by molar-refractivity contribution is -0.0781. The lowest BCUT2D eigenvalue weighted by atomic mass is 9.92. The Bertz CT molecular complexity index is 1390. The van der Waals surface area contributed by atoms with Crippen LogP contribution in [-0.4, -0.2) is 57.7 Å². The number of ether oxygens (including phenoxy) is 2. The van der Waals surface area contributed by atoms with Gasteiger partial charge in [-0.05, 0) is 30.7 Å². The first-order chi connectivity index (χ1) is 16.8. The molecule has 0 spiro atoms. The summed E-state index contributed by atoms with van der Waals surface area (Å²) in [5.41, 5.74) is 0.370. The molecule has 2 aliphatic rings. The Morgan fingerprint density at radius 1 is 1.37 bits per heavy atom. The van der Waals surface area contributed by atoms with Crippen LogP contribution in [0.25, 0.3) is 5.52 Å². The minimum Gasteiger partial charge on any atom is -0.465 e. The van der Waals surface area contributed by atoms with E-state index in [1.54, 1.807) is 43.3 Å². The van der Waals surface area contributed by atoms with Gasteiger partial charge in [-0.2, -0.15) is 10.4 Å². The van der Waals surface area contributed by atoms with Gasteiger partial charge in [0, 0.05) is 0 Å². The number of aliphatic hydroxyl groups is 1. The number of carbonyl (C=O) groups excluding carboxylic acids is 1. The van der Waals surface area contributed by atoms with E-state index in [-0.39, 0.29) is 24.5 Å². The van der Waals surface area contributed by atoms with Gasteiger partial charge in [0.05, 0.1) is 42.8 Å². The maximum atomic E-state index is 13.2. The second-order valence-corrected chi connectivity index (χ2v) is 9.67. The van der Waals surface area contributed by atoms with Crippen molar-refractivity contribution in [2.45, 2.75) is 37.4 Å². The molecule has 1 N–H and O–H groups in total. The minimum absolute atomic E-state index is 0.238. The molecular formula is C22H21N4O8P. The normalized spacial score (nSPS) is 30.1. The number of hydrogen-bond donors (Lipinski definition) is 1. The summed E-state index contributed by atoms with van der Waals surface area (Å²) in [6.07, 6.45) is -2.28. The molecule has 5 atom stereocenters. The number of aryl methyl sites for hydroxylation is 1. The standard InChI is InChI=1S/C22H21N4O8P/c1-13-16-7-8-18(26(16)25-12-24-13)22(11-23)20(27)19-17(33-22)10-32-35(29,34-19)31-9-14-5-3-4-6-15(14)21(28)30-2/h3-8,12,17,19-20,27H,9-10H2,1-2H3/t17-,19-,20-,22+,35?/m1/s1. The van der Waals surface area contributed by atoms with Crippen LogP contribution in [0.4, 0.5) is 0 Å². The number of nitrogens with zero attached hydrogens (tertiary/aromatic N) is 4. The van der Waals surface area contributed by atoms with E-state index in [0.29, 0.717) is 16.8 Å². The molecule has 0 bridgehead atoms. The van der Waals surface area contributed by atoms with E-state index in [1.807, 2.05) is 6.07 Å². The molecule has 2 aliphatic heterocycles. The lowest BCUT2D eigenvalue weighted by Gasteiger charge is -2.30. The first kappa shape index (κ1) is 23.6. The largest absolute Gasteiger partial charge is 0.475 e. The minimum atomic E-state index is -4.18. The van der Waals surface area contributed by atoms with Gasteiger partial charge in [0.15, 0.2) is 0 Å². The highest BCUT2D eigenvalue weighted by Crippen LogP contribution is 2.58. The third kappa shape index (κ3) is 3.83. The SMILES string of the molecule is COC(=O)c1ccccc1COP1(=O)OC[C@H]2O[C@@](C#N)(c3ccc4c(C)ncnn34)[C@H](O)[C@@H]2O1. The fourth-order valence-corrected chi connectivity index (χ4v) is 5.65. The molecule has 182 valence electrons. The molecule has 12 nitrogen and oxygen atoms in total. The summed E-state index contributed by atoms with van der Waals surface area (Å²) in [6, 6.07) is 11.9. The fourth-order valence-electron chi connectivity index (χ4n) is 4.28. The average molecular weight is 500 g/mol. The van der Waals surface area contributed by atoms with Gasteiger partial charge >= 0.3 is 13.8 Å². The fraction of sp³-hybridized carbons (Fsp3) is 0.364. The van der Waals surface area contributed by atoms with Gasteiger partial charge in [-0.15, -0.1) is 0 Å². The Labute approximate surface area is 199 Å². The Hall–Kier alpha value is -3.17. The highest BCUT2D eigenvalue weighted by molar-refractivity contribution is 7.48. The average Bonchev–Trinajstić information content (AvgIpc) is 3.43. The lowest BCUT2D eigenvalue weighted by Crippen LogP contribution is -2.43. The van der Waals surface area contributed by atoms with Gasteiger partial charge in [0.1, 0.15) is 30.7 Å². The molecule has 1 aromatic carbocycles. The van der Waals surface area contributed by atoms with E-state index in [0.717, 1.165) is 0 Å². The number of hydrogen-bond acceptors (Lipinski definition) is 11. The number of rotatable bonds is 5. The zero-order valence-electron chi connectivity index (χ0n) is 18.7. The van der Waals surface area contributed by atoms with Gasteiger partial charge in [0.25, 0.3) is 0 Å². The summed E-state index contributed by atoms with van der Waals surface area (Å²) in [6.45, 7) is 1.26. The van der Waals surface area contributed by atoms with Gasteiger partial charge < -0.3 is 14.6 Å². The summed E-state index contributed by atoms with van der Waals surface area (Å²) in [7, 11) is -2.93. The summed E-state index contributed by atoms with van der Waals surface area (Å²) in [5.74, 6) is -0.579. The van der Waals surface area contributed by atoms with Crippen molar-refractivity contribution in [2.75, 3.05) is 13.7 Å². The number of phosphoric ester groups is 1. The highest BCUT2D eigenvalue weighted by atomic mass is 31.2. The third-order valence-corrected chi connectivity index (χ3v) is 7.48. The van der Waals surface area contributed by atoms with Crippen molar-refractivity contribution in [2.24, 2.45) is 0 Å². The number of methoxy groups -OCH3 is 1. The van der Waals surface area contributed by atoms with Crippen LogP contribution in [0.15, 0.2) is 42.7 Å². The van der Waals surface area contributed by atoms with Crippen LogP contribution in [-0.2, 0) is 39.8 Å². The van der Waals surface area contributed by atoms with Crippen molar-refractivity contribution in [3.63, 3.8) is 0 Å². The molecule has 5 rings (SSSR count). The van der Waals surface area contributed by atoms with Crippen LogP contribution < -0.4 is 0 Å². The van der Waals surface area contributed by atoms with E-state index in [2.05, 4.69) is 10.1 Å². The summed E-state index contributed by atoms with van der Waals surface area (Å²) >= 11 is 0. The van der Waals surface area contributed by atoms with Crippen molar-refractivity contribution in [1.82, 2.24) is 14.6 Å². The molecule has 2 saturated heterocycles. The molecule has 35 heavy (non-hydrogen) atoms. The number of aromatic nitrogens is 3. The van der Waals surface area contributed by atoms with Crippen LogP contribution in [0.3, 0.4) is 0 Å². The Balaban J connectivity index is 1.39. The summed E-state index contributed by atoms with van der Waals surface area (Å²) in [5, 5.41) is 25.5. The Morgan fingerprint density at radius 3 is 2.94 bits per heavy atom. The van der Waals surface area contributed by atoms with Crippen molar-refractivity contribution >= 4 is 19.3 Å². The number of esters is 1. The van der Waals surface area contributed by atoms with Crippen LogP contribution >= 0.6 is 7.82 Å². The van der Waals surface area contributed by atoms with Gasteiger partial charge in [-0.1, -0.05) is 18.2 Å². The third-order valence-electron chi connectivity index (χ3n) is 6.07. The van der Waals surface area contributed by atoms with Crippen molar-refractivity contribution in [3.05, 3.63) is 65.2 Å². The molecule has 0 amide bonds. The van der Waals surface area contributed by atoms with E-state index >= 15 is 0 Å². The van der Waals surface area contributed by atoms with Gasteiger partial charge in [0.2, 0.25) is 5.60 Å². The highest BCUT2D eigenvalue weighted by Gasteiger charge is 2.62. The maximum Gasteiger partial charge on any atom is 0.475 e. The zero-order chi connectivity index (χ0) is 24.8. The van der Waals surface area contributed by atoms with Crippen molar-refractivity contribution < 1.29 is 37.5 Å². The number of benzene rings is 1. The van der Waals surface area contributed by atoms with E-state index in [9.17, 15) is 19.7 Å². The topological polar surface area (TPSA) is 154 Å². The van der Waals surface area contributed by atoms with Crippen molar-refractivity contribution in [3.8, 4) is 6.07 Å². The molecule has 0 saturated carbocycles. The Kier molecular flexibility index (Phi) is 5.93. The molecule has 4 heterocycles. The number of carbonyl (C=O) groups is 1. The van der Waals surface area contributed by atoms with Crippen molar-refractivity contribution in [1.29, 1.82) is 5.26 Å². The van der Waals surface area contributed by atoms with Crippen LogP contribution in [0.2, 0.25) is 0 Å². The first-order valence-corrected chi connectivity index (χ1v) is 12.1. The molecule has 3 aromatic rings. The molecule has 0 radical (unpaired) electrons. The molecule has 2 fully saturated rings. The van der Waals surface area contributed by atoms with Gasteiger partial charge in [-0.3, -0.25) is 13.6 Å². The van der Waals surface area contributed by atoms with E-state index in [1.165, 1.54) is 18.0 Å². The predicted octanol–water partition coefficient (Wildman–Crippen LogP) is 2.04. The molecule has 13 heteroatoms. The second-order valence-electron chi connectivity index (χ2n) is 8.04. The number of aliphatic hydroxyl groups excluding tert-OH is 1. The van der Waals surface area contributed by atoms with Crippen LogP contribution in [0.5, 0.6) is 0 Å². The number of fused-ring (bicyclic) bond motifs is 2. The molecule has 1 unspecified atom stereocenters. The molecular weight excluding hydrogens is 479 g/mol. The van der Waals surface area contributed by atoms with Gasteiger partial charge in [-0.25, -0.2) is 18.9 Å².